The number of anilines is 5. The van der Waals surface area contributed by atoms with Crippen LogP contribution in [0, 0.1) is 17.5 Å². The van der Waals surface area contributed by atoms with Gasteiger partial charge in [0.25, 0.3) is 19.3 Å². The molecule has 0 atom stereocenters. The van der Waals surface area contributed by atoms with Crippen LogP contribution in [0.3, 0.4) is 0 Å². The number of pyridine rings is 5. The molecule has 0 radical (unpaired) electrons. The van der Waals surface area contributed by atoms with Crippen LogP contribution in [0.5, 0.6) is 0 Å². The normalized spacial score (nSPS) is 15.4. The molecule has 3 aliphatic rings. The van der Waals surface area contributed by atoms with Crippen LogP contribution in [0.15, 0.2) is 219 Å². The van der Waals surface area contributed by atoms with Crippen molar-refractivity contribution in [1.29, 1.82) is 0 Å². The van der Waals surface area contributed by atoms with Crippen LogP contribution in [0.1, 0.15) is 171 Å². The molecule has 19 rings (SSSR count). The minimum Gasteiger partial charge on any atom is -0.453 e. The zero-order chi connectivity index (χ0) is 110. The number of rotatable bonds is 18. The Labute approximate surface area is 894 Å². The number of hydrogen-bond donors (Lipinski definition) is 5. The van der Waals surface area contributed by atoms with Crippen molar-refractivity contribution < 1.29 is 77.1 Å². The van der Waals surface area contributed by atoms with Crippen LogP contribution in [0.25, 0.3) is 95.8 Å². The lowest BCUT2D eigenvalue weighted by Gasteiger charge is -2.32. The van der Waals surface area contributed by atoms with Gasteiger partial charge in [-0.15, -0.1) is 46.4 Å². The fourth-order valence-corrected chi connectivity index (χ4v) is 15.8. The van der Waals surface area contributed by atoms with Crippen molar-refractivity contribution in [3.63, 3.8) is 0 Å². The molecule has 16 heterocycles. The Balaban J connectivity index is 0.000000159. The van der Waals surface area contributed by atoms with Crippen LogP contribution in [0.4, 0.5) is 73.4 Å². The molecule has 150 heavy (non-hydrogen) atoms. The number of carbonyl (C=O) groups is 1. The van der Waals surface area contributed by atoms with E-state index in [0.717, 1.165) is 44.4 Å². The zero-order valence-electron chi connectivity index (χ0n) is 87.7. The Morgan fingerprint density at radius 3 is 0.973 bits per heavy atom. The summed E-state index contributed by atoms with van der Waals surface area (Å²) in [6.45, 7) is 45.2. The lowest BCUT2D eigenvalue weighted by molar-refractivity contribution is -0.0898. The first-order valence-electron chi connectivity index (χ1n) is 47.9. The van der Waals surface area contributed by atoms with E-state index in [0.29, 0.717) is 90.5 Å². The number of alkyl halides is 10. The zero-order valence-corrected chi connectivity index (χ0v) is 92.3. The molecule has 0 bridgehead atoms. The van der Waals surface area contributed by atoms with Gasteiger partial charge in [-0.2, -0.15) is 0 Å². The summed E-state index contributed by atoms with van der Waals surface area (Å²) in [5, 5.41) is 12.8. The molecule has 45 heteroatoms. The number of amides is 1. The molecule has 0 unspecified atom stereocenters. The van der Waals surface area contributed by atoms with Gasteiger partial charge in [0, 0.05) is 91.0 Å². The minimum atomic E-state index is -2.59. The van der Waals surface area contributed by atoms with Crippen molar-refractivity contribution >= 4 is 140 Å². The number of methoxy groups -OCH3 is 1. The third-order valence-electron chi connectivity index (χ3n) is 24.4. The number of imidazole rings is 8. The second-order valence-corrected chi connectivity index (χ2v) is 45.5. The molecule has 29 nitrogen and oxygen atoms in total. The highest BCUT2D eigenvalue weighted by Crippen LogP contribution is 2.47. The van der Waals surface area contributed by atoms with Crippen molar-refractivity contribution in [3.8, 4) is 67.5 Å². The largest absolute Gasteiger partial charge is 0.488 e. The maximum absolute atomic E-state index is 13.4. The van der Waals surface area contributed by atoms with Gasteiger partial charge in [-0.25, -0.2) is 84.2 Å². The molecule has 16 aromatic rings. The molecule has 1 amide bonds. The molecule has 0 saturated carbocycles. The van der Waals surface area contributed by atoms with E-state index in [4.69, 9.17) is 80.2 Å². The summed E-state index contributed by atoms with van der Waals surface area (Å²) in [7, 11) is 0.286. The molecule has 3 fully saturated rings. The average Bonchev–Trinajstić information content (AvgIpc) is 1.59. The van der Waals surface area contributed by atoms with E-state index in [2.05, 4.69) is 151 Å². The lowest BCUT2D eigenvalue weighted by atomic mass is 9.49. The first-order chi connectivity index (χ1) is 70.0. The maximum Gasteiger partial charge on any atom is 0.488 e. The molecule has 802 valence electrons. The van der Waals surface area contributed by atoms with Gasteiger partial charge < -0.3 is 68.2 Å². The fourth-order valence-electron chi connectivity index (χ4n) is 15.5. The van der Waals surface area contributed by atoms with Gasteiger partial charge in [0.05, 0.1) is 144 Å². The van der Waals surface area contributed by atoms with Crippen molar-refractivity contribution in [2.24, 2.45) is 0 Å². The quantitative estimate of drug-likeness (QED) is 0.0303. The predicted molar refractivity (Wildman–Crippen MR) is 580 cm³/mol. The first kappa shape index (κ1) is 117. The van der Waals surface area contributed by atoms with Crippen LogP contribution < -0.4 is 27.0 Å². The molecule has 3 aliphatic heterocycles. The summed E-state index contributed by atoms with van der Waals surface area (Å²) >= 11 is 23.6. The van der Waals surface area contributed by atoms with E-state index >= 15 is 0 Å². The predicted octanol–water partition coefficient (Wildman–Crippen LogP) is 27.1. The highest BCUT2D eigenvalue weighted by molar-refractivity contribution is 9.10. The van der Waals surface area contributed by atoms with E-state index in [9.17, 15) is 44.3 Å². The van der Waals surface area contributed by atoms with Gasteiger partial charge in [0.1, 0.15) is 84.4 Å². The second-order valence-electron chi connectivity index (χ2n) is 41.6. The summed E-state index contributed by atoms with van der Waals surface area (Å²) in [5.41, 5.74) is 15.1. The monoisotopic (exact) mass is 2220 g/mol. The van der Waals surface area contributed by atoms with E-state index in [-0.39, 0.29) is 77.8 Å². The number of nitrogens with one attached hydrogen (secondary N) is 4. The smallest absolute Gasteiger partial charge is 0.453 e. The number of halogens is 14. The summed E-state index contributed by atoms with van der Waals surface area (Å²) in [4.78, 5) is 45.6. The maximum atomic E-state index is 13.4. The molecular formula is C105H125B2BrCl4F9N21O8. The number of nitrogens with zero attached hydrogens (tertiary/aromatic N) is 16. The van der Waals surface area contributed by atoms with E-state index in [1.54, 1.807) is 89.8 Å². The molecular weight excluding hydrogens is 2100 g/mol. The number of ether oxygens (including phenoxy) is 3. The molecule has 3 saturated heterocycles. The molecule has 13 aromatic heterocycles. The Bertz CT molecular complexity index is 7170. The SMILES string of the molecule is CC(C)(C)Nc1cnc2ccc(-c3c(-c4ccc(F)cc4)ncn3CC(F)F)cn12.CC(C)(C)Nc1cnc2ccc(Br)cn12.CC(C)(C)Nc1cnc2ccc(C3OC(C)(C)C(C)(C)O3)cn12.CC(Cl)Cl.CC(Cl)Cl.CC1(C)OB(B2OC(C)(C)C(C)(C)O2)OC1(C)C.COC(=O)Nc1cnc2ccc(-c3c(-c4ccc(F)cc4)ncn3CC(F)F)cn12.Nc1cnc2ccc(-c3c(-c4ccc(F)cc4)ncn3CC(F)F)cn12. The van der Waals surface area contributed by atoms with Crippen LogP contribution in [-0.2, 0) is 52.5 Å². The van der Waals surface area contributed by atoms with Crippen molar-refractivity contribution in [1.82, 2.24) is 75.6 Å². The Morgan fingerprint density at radius 1 is 0.393 bits per heavy atom. The number of hydrogen-bond acceptors (Lipinski definition) is 20. The van der Waals surface area contributed by atoms with Gasteiger partial charge >= 0.3 is 20.1 Å². The number of aromatic nitrogens is 16. The van der Waals surface area contributed by atoms with Crippen molar-refractivity contribution in [2.45, 2.75) is 264 Å². The van der Waals surface area contributed by atoms with Gasteiger partial charge in [-0.3, -0.25) is 27.3 Å². The topological polar surface area (TPSA) is 296 Å². The van der Waals surface area contributed by atoms with Crippen molar-refractivity contribution in [2.75, 3.05) is 34.1 Å². The lowest BCUT2D eigenvalue weighted by Crippen LogP contribution is -2.41. The summed E-state index contributed by atoms with van der Waals surface area (Å²) in [6, 6.07) is 35.8. The summed E-state index contributed by atoms with van der Waals surface area (Å²) in [6.07, 6.45) is 13.1. The van der Waals surface area contributed by atoms with Crippen LogP contribution in [0.2, 0.25) is 0 Å². The van der Waals surface area contributed by atoms with Crippen molar-refractivity contribution in [3.05, 3.63) is 242 Å². The van der Waals surface area contributed by atoms with Gasteiger partial charge in [-0.1, -0.05) is 0 Å². The average molecular weight is 2220 g/mol. The molecule has 3 aromatic carbocycles. The van der Waals surface area contributed by atoms with Gasteiger partial charge in [0.15, 0.2) is 6.29 Å². The molecule has 0 aliphatic carbocycles. The number of nitrogens with two attached hydrogens (primary N) is 1. The third kappa shape index (κ3) is 29.7. The number of nitrogen functional groups attached to an aromatic ring is 1. The number of benzene rings is 3. The van der Waals surface area contributed by atoms with E-state index in [1.165, 1.54) is 101 Å². The Morgan fingerprint density at radius 2 is 0.660 bits per heavy atom. The minimum absolute atomic E-state index is 0.0314. The van der Waals surface area contributed by atoms with Crippen LogP contribution >= 0.6 is 62.3 Å². The second kappa shape index (κ2) is 47.6. The summed E-state index contributed by atoms with van der Waals surface area (Å²) in [5.74, 6) is 2.39. The standard InChI is InChI=1S/C22H22F3N5.C20H16F3N5O2.C18H14F3N5.C18H27N3O2.C12H24B2O4.C11H14BrN3.2C2H4Cl2/c1-22(2,3)28-19-10-26-18-9-6-15(11-30(18)19)21-20(14-4-7-16(23)8-5-14)27-13-29(21)12-17(24)25;1-30-20(29)26-17-8-24-16-7-4-13(9-28(16)17)19-18(12-2-5-14(21)6-3-12)25-11-27(19)10-15(22)23;19-13-4-1-11(2-5-13)17-18(25(10-24-17)9-14(20)21)12-3-6-16-23-7-15(22)26(16)8-12;1-16(2,3)20-14-10-19-13-9-8-12(11-21(13)14)15-22-17(4,5)18(6,7)23-15;1-9(2)10(3,4)16-13(15-9)14-17-11(5,6)12(7,8)18-14;1-11(2,3)14-10-6-13-9-5-4-8(12)7-15(9)10;2*1-2(3)4/h4-11,13,17,28H,12H2,1-3H3;2-9,11,15H,10H2,1H3,(H,26,29);1-8,10,14H,9,22H2;8-11,15,20H,1-7H3;1-8H3;4-7,14H,1-3H3;2*2H,1H3. The highest BCUT2D eigenvalue weighted by Gasteiger charge is 2.64. The van der Waals surface area contributed by atoms with Crippen LogP contribution in [-0.4, -0.2) is 182 Å². The fraction of sp³-hybridized carbons (Fsp3) is 0.400. The number of fused-ring (bicyclic) bond motifs is 5. The summed E-state index contributed by atoms with van der Waals surface area (Å²) < 4.78 is 174. The van der Waals surface area contributed by atoms with E-state index in [1.807, 2.05) is 157 Å². The highest BCUT2D eigenvalue weighted by atomic mass is 79.9. The number of carbonyl (C=O) groups excluding carboxylic acids is 1. The van der Waals surface area contributed by atoms with E-state index < -0.39 is 64.8 Å². The third-order valence-corrected chi connectivity index (χ3v) is 24.9. The Kier molecular flexibility index (Phi) is 37.0. The first-order valence-corrected chi connectivity index (χ1v) is 50.4. The van der Waals surface area contributed by atoms with Gasteiger partial charge in [-0.05, 0) is 309 Å². The van der Waals surface area contributed by atoms with Gasteiger partial charge in [0.2, 0.25) is 0 Å². The Hall–Kier alpha value is -11.9. The molecule has 6 N–H and O–H groups in total. The molecule has 0 spiro atoms.